The number of nitrogens with zero attached hydrogens (tertiary/aromatic N) is 1. The average Bonchev–Trinajstić information content (AvgIpc) is 2.67. The van der Waals surface area contributed by atoms with Crippen molar-refractivity contribution in [1.29, 1.82) is 0 Å². The summed E-state index contributed by atoms with van der Waals surface area (Å²) >= 11 is 3.47. The highest BCUT2D eigenvalue weighted by molar-refractivity contribution is 9.10. The van der Waals surface area contributed by atoms with E-state index in [4.69, 9.17) is 0 Å². The summed E-state index contributed by atoms with van der Waals surface area (Å²) in [5.74, 6) is -0.700. The maximum absolute atomic E-state index is 11.2. The maximum atomic E-state index is 11.2. The molecule has 1 unspecified atom stereocenters. The van der Waals surface area contributed by atoms with Gasteiger partial charge in [-0.15, -0.1) is 0 Å². The lowest BCUT2D eigenvalue weighted by Gasteiger charge is -2.22. The van der Waals surface area contributed by atoms with E-state index >= 15 is 0 Å². The Morgan fingerprint density at radius 2 is 2.24 bits per heavy atom. The van der Waals surface area contributed by atoms with E-state index < -0.39 is 11.4 Å². The highest BCUT2D eigenvalue weighted by Gasteiger charge is 2.40. The summed E-state index contributed by atoms with van der Waals surface area (Å²) in [5, 5.41) is 9.20. The summed E-state index contributed by atoms with van der Waals surface area (Å²) in [5.41, 5.74) is 1.67. The van der Waals surface area contributed by atoms with E-state index in [1.54, 1.807) is 0 Å². The number of hydrogen-bond acceptors (Lipinski definition) is 2. The van der Waals surface area contributed by atoms with Crippen molar-refractivity contribution < 1.29 is 9.90 Å². The fraction of sp³-hybridized carbons (Fsp3) is 0.462. The lowest BCUT2D eigenvalue weighted by molar-refractivity contribution is -0.146. The number of carboxylic acid groups (broad SMARTS) is 1. The third kappa shape index (κ3) is 2.32. The quantitative estimate of drug-likeness (QED) is 0.912. The summed E-state index contributed by atoms with van der Waals surface area (Å²) < 4.78 is 1.08. The zero-order chi connectivity index (χ0) is 12.6. The van der Waals surface area contributed by atoms with E-state index in [0.29, 0.717) is 13.0 Å². The Morgan fingerprint density at radius 1 is 1.53 bits per heavy atom. The maximum Gasteiger partial charge on any atom is 0.311 e. The molecule has 0 spiro atoms. The molecule has 1 N–H and O–H groups in total. The number of carboxylic acids is 1. The van der Waals surface area contributed by atoms with Crippen LogP contribution in [0.2, 0.25) is 0 Å². The van der Waals surface area contributed by atoms with E-state index in [2.05, 4.69) is 26.9 Å². The molecule has 0 saturated carbocycles. The van der Waals surface area contributed by atoms with E-state index in [-0.39, 0.29) is 0 Å². The third-order valence-corrected chi connectivity index (χ3v) is 4.39. The number of anilines is 1. The van der Waals surface area contributed by atoms with Gasteiger partial charge in [0.15, 0.2) is 0 Å². The largest absolute Gasteiger partial charge is 0.481 e. The zero-order valence-electron chi connectivity index (χ0n) is 10.0. The van der Waals surface area contributed by atoms with Crippen LogP contribution in [-0.2, 0) is 4.79 Å². The molecule has 1 aromatic carbocycles. The van der Waals surface area contributed by atoms with Crippen molar-refractivity contribution >= 4 is 27.6 Å². The van der Waals surface area contributed by atoms with Crippen LogP contribution in [0.1, 0.15) is 18.9 Å². The molecule has 1 heterocycles. The number of aliphatic carboxylic acids is 1. The van der Waals surface area contributed by atoms with Crippen LogP contribution in [0.3, 0.4) is 0 Å². The van der Waals surface area contributed by atoms with Gasteiger partial charge in [-0.25, -0.2) is 0 Å². The second kappa shape index (κ2) is 4.33. The molecule has 1 aliphatic rings. The summed E-state index contributed by atoms with van der Waals surface area (Å²) in [7, 11) is 0. The number of rotatable bonds is 2. The fourth-order valence-corrected chi connectivity index (χ4v) is 2.43. The monoisotopic (exact) mass is 297 g/mol. The van der Waals surface area contributed by atoms with Gasteiger partial charge in [-0.2, -0.15) is 0 Å². The number of aryl methyl sites for hydroxylation is 1. The molecule has 0 bridgehead atoms. The van der Waals surface area contributed by atoms with Crippen LogP contribution in [0, 0.1) is 12.3 Å². The summed E-state index contributed by atoms with van der Waals surface area (Å²) in [6.07, 6.45) is 0.706. The van der Waals surface area contributed by atoms with Crippen LogP contribution in [0.15, 0.2) is 22.7 Å². The highest BCUT2D eigenvalue weighted by Crippen LogP contribution is 2.34. The van der Waals surface area contributed by atoms with Crippen LogP contribution < -0.4 is 4.90 Å². The van der Waals surface area contributed by atoms with Gasteiger partial charge in [-0.1, -0.05) is 15.9 Å². The minimum absolute atomic E-state index is 0.587. The molecule has 4 heteroatoms. The van der Waals surface area contributed by atoms with Crippen molar-refractivity contribution in [3.63, 3.8) is 0 Å². The normalized spacial score (nSPS) is 24.1. The predicted molar refractivity (Wildman–Crippen MR) is 71.5 cm³/mol. The minimum Gasteiger partial charge on any atom is -0.481 e. The Labute approximate surface area is 110 Å². The molecule has 17 heavy (non-hydrogen) atoms. The van der Waals surface area contributed by atoms with Gasteiger partial charge in [0.1, 0.15) is 0 Å². The zero-order valence-corrected chi connectivity index (χ0v) is 11.6. The SMILES string of the molecule is Cc1cc(N2CCC(C)(C(=O)O)C2)ccc1Br. The Kier molecular flexibility index (Phi) is 3.17. The van der Waals surface area contributed by atoms with Gasteiger partial charge in [0.2, 0.25) is 0 Å². The second-order valence-electron chi connectivity index (χ2n) is 4.97. The molecule has 2 rings (SSSR count). The molecule has 0 radical (unpaired) electrons. The Morgan fingerprint density at radius 3 is 2.76 bits per heavy atom. The molecule has 1 fully saturated rings. The predicted octanol–water partition coefficient (Wildman–Crippen LogP) is 3.06. The summed E-state index contributed by atoms with van der Waals surface area (Å²) in [6.45, 7) is 5.26. The Hall–Kier alpha value is -1.03. The van der Waals surface area contributed by atoms with Crippen LogP contribution in [0.25, 0.3) is 0 Å². The van der Waals surface area contributed by atoms with Crippen LogP contribution >= 0.6 is 15.9 Å². The van der Waals surface area contributed by atoms with Gasteiger partial charge in [0, 0.05) is 23.2 Å². The van der Waals surface area contributed by atoms with Crippen molar-refractivity contribution in [3.05, 3.63) is 28.2 Å². The van der Waals surface area contributed by atoms with Crippen molar-refractivity contribution in [2.24, 2.45) is 5.41 Å². The number of carbonyl (C=O) groups is 1. The second-order valence-corrected chi connectivity index (χ2v) is 5.83. The van der Waals surface area contributed by atoms with Gasteiger partial charge in [-0.05, 0) is 44.0 Å². The van der Waals surface area contributed by atoms with Gasteiger partial charge < -0.3 is 10.0 Å². The molecule has 0 amide bonds. The third-order valence-electron chi connectivity index (χ3n) is 3.50. The van der Waals surface area contributed by atoms with Gasteiger partial charge in [0.05, 0.1) is 5.41 Å². The lowest BCUT2D eigenvalue weighted by Crippen LogP contribution is -2.31. The first-order valence-electron chi connectivity index (χ1n) is 5.67. The topological polar surface area (TPSA) is 40.5 Å². The minimum atomic E-state index is -0.700. The lowest BCUT2D eigenvalue weighted by atomic mass is 9.90. The smallest absolute Gasteiger partial charge is 0.311 e. The van der Waals surface area contributed by atoms with Gasteiger partial charge >= 0.3 is 5.97 Å². The fourth-order valence-electron chi connectivity index (χ4n) is 2.18. The molecule has 3 nitrogen and oxygen atoms in total. The van der Waals surface area contributed by atoms with Gasteiger partial charge in [0.25, 0.3) is 0 Å². The highest BCUT2D eigenvalue weighted by atomic mass is 79.9. The molecule has 1 saturated heterocycles. The molecule has 0 aromatic heterocycles. The van der Waals surface area contributed by atoms with E-state index in [0.717, 1.165) is 16.7 Å². The summed E-state index contributed by atoms with van der Waals surface area (Å²) in [4.78, 5) is 13.3. The van der Waals surface area contributed by atoms with E-state index in [9.17, 15) is 9.90 Å². The molecular weight excluding hydrogens is 282 g/mol. The van der Waals surface area contributed by atoms with Crippen molar-refractivity contribution in [2.45, 2.75) is 20.3 Å². The molecule has 1 atom stereocenters. The van der Waals surface area contributed by atoms with Crippen LogP contribution in [0.5, 0.6) is 0 Å². The average molecular weight is 298 g/mol. The summed E-state index contributed by atoms with van der Waals surface area (Å²) in [6, 6.07) is 6.14. The molecule has 0 aliphatic carbocycles. The Balaban J connectivity index is 2.21. The van der Waals surface area contributed by atoms with E-state index in [1.807, 2.05) is 26.0 Å². The molecule has 1 aromatic rings. The number of halogens is 1. The van der Waals surface area contributed by atoms with Crippen LogP contribution in [-0.4, -0.2) is 24.2 Å². The molecular formula is C13H16BrNO2. The first-order chi connectivity index (χ1) is 7.92. The van der Waals surface area contributed by atoms with E-state index in [1.165, 1.54) is 5.56 Å². The van der Waals surface area contributed by atoms with Crippen molar-refractivity contribution in [3.8, 4) is 0 Å². The Bertz CT molecular complexity index is 461. The first kappa shape index (κ1) is 12.4. The first-order valence-corrected chi connectivity index (χ1v) is 6.46. The number of benzene rings is 1. The van der Waals surface area contributed by atoms with Crippen molar-refractivity contribution in [1.82, 2.24) is 0 Å². The molecule has 92 valence electrons. The van der Waals surface area contributed by atoms with Gasteiger partial charge in [-0.3, -0.25) is 4.79 Å². The van der Waals surface area contributed by atoms with Crippen LogP contribution in [0.4, 0.5) is 5.69 Å². The number of hydrogen-bond donors (Lipinski definition) is 1. The standard InChI is InChI=1S/C13H16BrNO2/c1-9-7-10(3-4-11(9)14)15-6-5-13(2,8-15)12(16)17/h3-4,7H,5-6,8H2,1-2H3,(H,16,17). The molecule has 1 aliphatic heterocycles. The van der Waals surface area contributed by atoms with Crippen molar-refractivity contribution in [2.75, 3.05) is 18.0 Å².